The van der Waals surface area contributed by atoms with E-state index in [0.717, 1.165) is 12.8 Å². The topological polar surface area (TPSA) is 80.6 Å². The fourth-order valence-electron chi connectivity index (χ4n) is 3.52. The first-order valence-corrected chi connectivity index (χ1v) is 9.86. The predicted octanol–water partition coefficient (Wildman–Crippen LogP) is 2.22. The minimum Gasteiger partial charge on any atom is -0.497 e. The summed E-state index contributed by atoms with van der Waals surface area (Å²) in [6, 6.07) is 10.1. The number of hydrogen-bond acceptors (Lipinski definition) is 4. The second-order valence-electron chi connectivity index (χ2n) is 7.58. The van der Waals surface area contributed by atoms with Crippen LogP contribution < -0.4 is 15.6 Å². The van der Waals surface area contributed by atoms with E-state index in [1.807, 2.05) is 13.8 Å². The fraction of sp³-hybridized carbons (Fsp3) is 0.409. The van der Waals surface area contributed by atoms with Crippen LogP contribution in [0.2, 0.25) is 0 Å². The van der Waals surface area contributed by atoms with Crippen molar-refractivity contribution in [3.63, 3.8) is 0 Å². The van der Waals surface area contributed by atoms with Gasteiger partial charge in [-0.1, -0.05) is 0 Å². The van der Waals surface area contributed by atoms with Gasteiger partial charge in [-0.25, -0.2) is 0 Å². The quantitative estimate of drug-likeness (QED) is 0.839. The largest absolute Gasteiger partial charge is 0.497 e. The van der Waals surface area contributed by atoms with Crippen molar-refractivity contribution in [2.75, 3.05) is 20.2 Å². The van der Waals surface area contributed by atoms with Gasteiger partial charge in [0.15, 0.2) is 0 Å². The van der Waals surface area contributed by atoms with E-state index >= 15 is 0 Å². The molecule has 0 spiro atoms. The van der Waals surface area contributed by atoms with E-state index in [2.05, 4.69) is 5.32 Å². The van der Waals surface area contributed by atoms with Crippen molar-refractivity contribution in [1.82, 2.24) is 14.8 Å². The Hall–Kier alpha value is -3.09. The van der Waals surface area contributed by atoms with Crippen molar-refractivity contribution < 1.29 is 14.3 Å². The molecule has 7 nitrogen and oxygen atoms in total. The van der Waals surface area contributed by atoms with Crippen LogP contribution in [0.15, 0.2) is 47.4 Å². The average Bonchev–Trinajstić information content (AvgIpc) is 2.73. The van der Waals surface area contributed by atoms with E-state index in [4.69, 9.17) is 4.74 Å². The van der Waals surface area contributed by atoms with E-state index < -0.39 is 0 Å². The first-order valence-electron chi connectivity index (χ1n) is 9.86. The monoisotopic (exact) mass is 397 g/mol. The Morgan fingerprint density at radius 3 is 2.52 bits per heavy atom. The van der Waals surface area contributed by atoms with Crippen molar-refractivity contribution >= 4 is 11.8 Å². The highest BCUT2D eigenvalue weighted by atomic mass is 16.5. The maximum Gasteiger partial charge on any atom is 0.255 e. The number of carbonyl (C=O) groups is 2. The maximum atomic E-state index is 13.0. The zero-order chi connectivity index (χ0) is 21.0. The van der Waals surface area contributed by atoms with Crippen LogP contribution in [0, 0.1) is 5.92 Å². The smallest absolute Gasteiger partial charge is 0.255 e. The van der Waals surface area contributed by atoms with E-state index in [1.54, 1.807) is 48.5 Å². The Morgan fingerprint density at radius 2 is 1.86 bits per heavy atom. The number of benzene rings is 1. The number of aromatic nitrogens is 1. The van der Waals surface area contributed by atoms with Crippen LogP contribution >= 0.6 is 0 Å². The minimum atomic E-state index is -0.223. The van der Waals surface area contributed by atoms with Gasteiger partial charge in [0.2, 0.25) is 5.91 Å². The summed E-state index contributed by atoms with van der Waals surface area (Å²) in [4.78, 5) is 39.4. The van der Waals surface area contributed by atoms with Gasteiger partial charge in [-0.2, -0.15) is 0 Å². The molecule has 1 aromatic heterocycles. The Kier molecular flexibility index (Phi) is 6.36. The highest BCUT2D eigenvalue weighted by molar-refractivity contribution is 5.94. The van der Waals surface area contributed by atoms with Gasteiger partial charge in [0.1, 0.15) is 5.75 Å². The van der Waals surface area contributed by atoms with Gasteiger partial charge in [-0.15, -0.1) is 0 Å². The molecule has 1 saturated heterocycles. The first-order chi connectivity index (χ1) is 13.9. The zero-order valence-corrected chi connectivity index (χ0v) is 17.1. The summed E-state index contributed by atoms with van der Waals surface area (Å²) in [6.45, 7) is 4.84. The molecule has 2 heterocycles. The number of piperidine rings is 1. The van der Waals surface area contributed by atoms with Gasteiger partial charge < -0.3 is 15.0 Å². The standard InChI is InChI=1S/C22H27N3O4/c1-15(2)23-21(27)16-5-4-12-24(13-16)22(28)17-6-11-20(26)25(14-17)18-7-9-19(29-3)10-8-18/h6-11,14-16H,4-5,12-13H2,1-3H3,(H,23,27). The molecule has 154 valence electrons. The average molecular weight is 397 g/mol. The van der Waals surface area contributed by atoms with Gasteiger partial charge in [-0.3, -0.25) is 19.0 Å². The summed E-state index contributed by atoms with van der Waals surface area (Å²) in [5, 5.41) is 2.93. The van der Waals surface area contributed by atoms with Gasteiger partial charge in [0.25, 0.3) is 11.5 Å². The summed E-state index contributed by atoms with van der Waals surface area (Å²) in [5.74, 6) is 0.297. The Morgan fingerprint density at radius 1 is 1.14 bits per heavy atom. The molecule has 1 N–H and O–H groups in total. The second-order valence-corrected chi connectivity index (χ2v) is 7.58. The number of rotatable bonds is 5. The highest BCUT2D eigenvalue weighted by Crippen LogP contribution is 2.20. The molecule has 0 bridgehead atoms. The number of ether oxygens (including phenoxy) is 1. The normalized spacial score (nSPS) is 16.6. The molecule has 1 aliphatic heterocycles. The van der Waals surface area contributed by atoms with Gasteiger partial charge in [0.05, 0.1) is 18.6 Å². The number of hydrogen-bond donors (Lipinski definition) is 1. The number of methoxy groups -OCH3 is 1. The number of pyridine rings is 1. The summed E-state index contributed by atoms with van der Waals surface area (Å²) >= 11 is 0. The fourth-order valence-corrected chi connectivity index (χ4v) is 3.52. The number of nitrogens with one attached hydrogen (secondary N) is 1. The van der Waals surface area contributed by atoms with Crippen molar-refractivity contribution in [2.45, 2.75) is 32.7 Å². The number of likely N-dealkylation sites (tertiary alicyclic amines) is 1. The zero-order valence-electron chi connectivity index (χ0n) is 17.1. The molecule has 0 saturated carbocycles. The van der Waals surface area contributed by atoms with Crippen LogP contribution in [0.5, 0.6) is 5.75 Å². The van der Waals surface area contributed by atoms with Gasteiger partial charge >= 0.3 is 0 Å². The molecular formula is C22H27N3O4. The van der Waals surface area contributed by atoms with Crippen LogP contribution in [0.4, 0.5) is 0 Å². The second kappa shape index (κ2) is 8.94. The van der Waals surface area contributed by atoms with Crippen LogP contribution in [0.3, 0.4) is 0 Å². The molecule has 0 aliphatic carbocycles. The lowest BCUT2D eigenvalue weighted by molar-refractivity contribution is -0.126. The van der Waals surface area contributed by atoms with Crippen molar-refractivity contribution in [1.29, 1.82) is 0 Å². The van der Waals surface area contributed by atoms with Crippen LogP contribution in [0.1, 0.15) is 37.0 Å². The summed E-state index contributed by atoms with van der Waals surface area (Å²) < 4.78 is 6.59. The molecule has 2 amide bonds. The lowest BCUT2D eigenvalue weighted by Gasteiger charge is -2.32. The summed E-state index contributed by atoms with van der Waals surface area (Å²) in [6.07, 6.45) is 3.11. The number of amides is 2. The molecule has 1 unspecified atom stereocenters. The minimum absolute atomic E-state index is 0.0132. The summed E-state index contributed by atoms with van der Waals surface area (Å²) in [5.41, 5.74) is 0.850. The molecule has 3 rings (SSSR count). The molecule has 1 aromatic carbocycles. The van der Waals surface area contributed by atoms with E-state index in [-0.39, 0.29) is 29.3 Å². The molecule has 1 atom stereocenters. The third kappa shape index (κ3) is 4.85. The van der Waals surface area contributed by atoms with Crippen molar-refractivity contribution in [2.24, 2.45) is 5.92 Å². The number of carbonyl (C=O) groups excluding carboxylic acids is 2. The third-order valence-corrected chi connectivity index (χ3v) is 5.02. The van der Waals surface area contributed by atoms with Gasteiger partial charge in [-0.05, 0) is 57.0 Å². The van der Waals surface area contributed by atoms with Crippen LogP contribution in [-0.2, 0) is 4.79 Å². The SMILES string of the molecule is COc1ccc(-n2cc(C(=O)N3CCCC(C(=O)NC(C)C)C3)ccc2=O)cc1. The molecule has 7 heteroatoms. The van der Waals surface area contributed by atoms with Crippen molar-refractivity contribution in [3.8, 4) is 11.4 Å². The lowest BCUT2D eigenvalue weighted by Crippen LogP contribution is -2.46. The molecule has 2 aromatic rings. The van der Waals surface area contributed by atoms with Gasteiger partial charge in [0, 0.05) is 37.1 Å². The van der Waals surface area contributed by atoms with Crippen LogP contribution in [0.25, 0.3) is 5.69 Å². The molecular weight excluding hydrogens is 370 g/mol. The molecule has 1 aliphatic rings. The maximum absolute atomic E-state index is 13.0. The van der Waals surface area contributed by atoms with Crippen molar-refractivity contribution in [3.05, 3.63) is 58.5 Å². The first kappa shape index (κ1) is 20.6. The predicted molar refractivity (Wildman–Crippen MR) is 110 cm³/mol. The Bertz CT molecular complexity index is 934. The molecule has 1 fully saturated rings. The lowest BCUT2D eigenvalue weighted by atomic mass is 9.96. The molecule has 29 heavy (non-hydrogen) atoms. The van der Waals surface area contributed by atoms with E-state index in [0.29, 0.717) is 30.1 Å². The Labute approximate surface area is 170 Å². The Balaban J connectivity index is 1.80. The highest BCUT2D eigenvalue weighted by Gasteiger charge is 2.29. The summed E-state index contributed by atoms with van der Waals surface area (Å²) in [7, 11) is 1.58. The molecule has 0 radical (unpaired) electrons. The van der Waals surface area contributed by atoms with Crippen LogP contribution in [-0.4, -0.2) is 47.5 Å². The van der Waals surface area contributed by atoms with E-state index in [1.165, 1.54) is 10.6 Å². The van der Waals surface area contributed by atoms with E-state index in [9.17, 15) is 14.4 Å². The number of nitrogens with zero attached hydrogens (tertiary/aromatic N) is 2. The third-order valence-electron chi connectivity index (χ3n) is 5.02.